The molecule has 0 fully saturated rings. The molecule has 8 nitrogen and oxygen atoms in total. The number of carbonyl (C=O) groups excluding carboxylic acids is 2. The first kappa shape index (κ1) is 56.0. The molecule has 2 atom stereocenters. The summed E-state index contributed by atoms with van der Waals surface area (Å²) >= 11 is 0. The number of allylic oxidation sites excluding steroid dienone is 18. The molecule has 1 N–H and O–H groups in total. The third-order valence-electron chi connectivity index (χ3n) is 9.42. The summed E-state index contributed by atoms with van der Waals surface area (Å²) in [5, 5.41) is 9.63. The molecule has 0 heterocycles. The van der Waals surface area contributed by atoms with Gasteiger partial charge in [0.05, 0.1) is 34.4 Å². The van der Waals surface area contributed by atoms with Gasteiger partial charge in [0.15, 0.2) is 12.1 Å². The molecule has 0 aliphatic carbocycles. The minimum atomic E-state index is -0.890. The SMILES string of the molecule is CC/C=C/C/C=C/C/C=C/C/C=C/C/C=C/CCCC(=O)OCC(COCCC(C(=O)O)[N+](C)(C)C)OC(=O)CCCCCCCC/C=C/C/C=C/C/C=C/C/C=C/CC. The summed E-state index contributed by atoms with van der Waals surface area (Å²) in [7, 11) is 5.49. The smallest absolute Gasteiger partial charge is 0.362 e. The molecule has 60 heavy (non-hydrogen) atoms. The molecule has 338 valence electrons. The number of ether oxygens (including phenoxy) is 3. The Hall–Kier alpha value is -4.01. The number of esters is 2. The first-order valence-corrected chi connectivity index (χ1v) is 22.9. The summed E-state index contributed by atoms with van der Waals surface area (Å²) in [5.41, 5.74) is 0. The highest BCUT2D eigenvalue weighted by Crippen LogP contribution is 2.12. The number of rotatable bonds is 39. The lowest BCUT2D eigenvalue weighted by atomic mass is 10.1. The first-order chi connectivity index (χ1) is 29.1. The average Bonchev–Trinajstić information content (AvgIpc) is 3.21. The molecular weight excluding hydrogens is 751 g/mol. The Morgan fingerprint density at radius 1 is 0.500 bits per heavy atom. The van der Waals surface area contributed by atoms with E-state index in [0.717, 1.165) is 96.3 Å². The number of likely N-dealkylation sites (N-methyl/N-ethyl adjacent to an activating group) is 1. The van der Waals surface area contributed by atoms with Gasteiger partial charge < -0.3 is 23.8 Å². The van der Waals surface area contributed by atoms with E-state index in [9.17, 15) is 19.5 Å². The van der Waals surface area contributed by atoms with Crippen LogP contribution in [0.15, 0.2) is 109 Å². The second-order valence-electron chi connectivity index (χ2n) is 15.9. The second-order valence-corrected chi connectivity index (χ2v) is 15.9. The van der Waals surface area contributed by atoms with Crippen molar-refractivity contribution in [3.8, 4) is 0 Å². The number of carboxylic acids is 1. The second kappa shape index (κ2) is 41.7. The van der Waals surface area contributed by atoms with E-state index in [1.54, 1.807) is 0 Å². The normalized spacial score (nSPS) is 13.9. The molecule has 0 aromatic heterocycles. The molecule has 0 saturated heterocycles. The molecule has 0 radical (unpaired) electrons. The number of carbonyl (C=O) groups is 3. The van der Waals surface area contributed by atoms with Crippen molar-refractivity contribution in [3.05, 3.63) is 109 Å². The van der Waals surface area contributed by atoms with Crippen molar-refractivity contribution >= 4 is 17.9 Å². The Labute approximate surface area is 366 Å². The minimum absolute atomic E-state index is 0.0296. The van der Waals surface area contributed by atoms with Crippen molar-refractivity contribution in [2.24, 2.45) is 0 Å². The van der Waals surface area contributed by atoms with E-state index < -0.39 is 18.1 Å². The molecule has 0 amide bonds. The number of hydrogen-bond donors (Lipinski definition) is 1. The van der Waals surface area contributed by atoms with Crippen LogP contribution in [0.4, 0.5) is 0 Å². The molecule has 0 aromatic carbocycles. The third kappa shape index (κ3) is 39.5. The van der Waals surface area contributed by atoms with E-state index in [2.05, 4.69) is 123 Å². The fraction of sp³-hybridized carbons (Fsp3) is 0.596. The molecule has 0 spiro atoms. The molecule has 0 aliphatic heterocycles. The highest BCUT2D eigenvalue weighted by Gasteiger charge is 2.31. The van der Waals surface area contributed by atoms with Crippen LogP contribution in [0.3, 0.4) is 0 Å². The minimum Gasteiger partial charge on any atom is -0.477 e. The lowest BCUT2D eigenvalue weighted by molar-refractivity contribution is -0.887. The van der Waals surface area contributed by atoms with E-state index in [4.69, 9.17) is 14.2 Å². The predicted molar refractivity (Wildman–Crippen MR) is 252 cm³/mol. The van der Waals surface area contributed by atoms with Crippen LogP contribution in [-0.4, -0.2) is 80.6 Å². The lowest BCUT2D eigenvalue weighted by Gasteiger charge is -2.31. The van der Waals surface area contributed by atoms with Gasteiger partial charge in [0, 0.05) is 19.3 Å². The standard InChI is InChI=1S/C52H83NO7/c1-6-8-10-12-14-16-18-20-22-24-25-27-29-31-33-35-37-39-41-43-51(55)60-48(46-58-45-44-49(52(56)57)53(3,4)5)47-59-50(54)42-40-38-36-34-32-30-28-26-23-21-19-17-15-13-11-9-7-2/h8-11,14-17,20-23,25,27-28,30,34,36,48-49H,6-7,12-13,18-19,24,26,29,31-33,35,37-47H2,1-5H3/p+1/b10-8+,11-9+,16-14+,17-15+,22-20+,23-21+,27-25+,30-28+,36-34+. The Balaban J connectivity index is 4.46. The number of aliphatic carboxylic acids is 1. The van der Waals surface area contributed by atoms with E-state index >= 15 is 0 Å². The van der Waals surface area contributed by atoms with Crippen LogP contribution in [0.2, 0.25) is 0 Å². The average molecular weight is 835 g/mol. The molecule has 0 bridgehead atoms. The van der Waals surface area contributed by atoms with E-state index in [0.29, 0.717) is 19.3 Å². The lowest BCUT2D eigenvalue weighted by Crippen LogP contribution is -2.50. The highest BCUT2D eigenvalue weighted by molar-refractivity contribution is 5.72. The fourth-order valence-corrected chi connectivity index (χ4v) is 5.94. The molecular formula is C52H84NO7+. The van der Waals surface area contributed by atoms with E-state index in [-0.39, 0.29) is 42.7 Å². The zero-order valence-electron chi connectivity index (χ0n) is 38.4. The van der Waals surface area contributed by atoms with E-state index in [1.165, 1.54) is 12.8 Å². The van der Waals surface area contributed by atoms with Gasteiger partial charge >= 0.3 is 17.9 Å². The van der Waals surface area contributed by atoms with Crippen LogP contribution >= 0.6 is 0 Å². The van der Waals surface area contributed by atoms with Gasteiger partial charge in [-0.15, -0.1) is 0 Å². The fourth-order valence-electron chi connectivity index (χ4n) is 5.94. The van der Waals surface area contributed by atoms with Crippen molar-refractivity contribution in [2.75, 3.05) is 41.0 Å². The molecule has 0 rings (SSSR count). The number of carboxylic acid groups (broad SMARTS) is 1. The Morgan fingerprint density at radius 3 is 1.35 bits per heavy atom. The summed E-state index contributed by atoms with van der Waals surface area (Å²) in [5.74, 6) is -1.58. The van der Waals surface area contributed by atoms with Crippen LogP contribution in [0, 0.1) is 0 Å². The number of quaternary nitrogens is 1. The largest absolute Gasteiger partial charge is 0.477 e. The van der Waals surface area contributed by atoms with Crippen LogP contribution in [0.5, 0.6) is 0 Å². The summed E-state index contributed by atoms with van der Waals surface area (Å²) in [6.07, 6.45) is 57.1. The van der Waals surface area contributed by atoms with Crippen molar-refractivity contribution in [1.82, 2.24) is 0 Å². The zero-order valence-corrected chi connectivity index (χ0v) is 38.4. The van der Waals surface area contributed by atoms with E-state index in [1.807, 2.05) is 21.1 Å². The first-order valence-electron chi connectivity index (χ1n) is 22.9. The van der Waals surface area contributed by atoms with Gasteiger partial charge in [0.1, 0.15) is 6.61 Å². The summed E-state index contributed by atoms with van der Waals surface area (Å²) in [6.45, 7) is 4.41. The zero-order chi connectivity index (χ0) is 44.2. The van der Waals surface area contributed by atoms with Gasteiger partial charge in [0.25, 0.3) is 0 Å². The van der Waals surface area contributed by atoms with Gasteiger partial charge in [-0.25, -0.2) is 4.79 Å². The van der Waals surface area contributed by atoms with Crippen LogP contribution in [0.25, 0.3) is 0 Å². The predicted octanol–water partition coefficient (Wildman–Crippen LogP) is 12.9. The number of nitrogens with zero attached hydrogens (tertiary/aromatic N) is 1. The maximum Gasteiger partial charge on any atom is 0.362 e. The molecule has 2 unspecified atom stereocenters. The quantitative estimate of drug-likeness (QED) is 0.0285. The summed E-state index contributed by atoms with van der Waals surface area (Å²) < 4.78 is 17.2. The van der Waals surface area contributed by atoms with Crippen molar-refractivity contribution in [2.45, 2.75) is 161 Å². The number of hydrogen-bond acceptors (Lipinski definition) is 6. The van der Waals surface area contributed by atoms with Gasteiger partial charge in [-0.2, -0.15) is 0 Å². The highest BCUT2D eigenvalue weighted by atomic mass is 16.6. The third-order valence-corrected chi connectivity index (χ3v) is 9.42. The van der Waals surface area contributed by atoms with Crippen LogP contribution < -0.4 is 0 Å². The Kier molecular flexibility index (Phi) is 38.9. The van der Waals surface area contributed by atoms with Gasteiger partial charge in [-0.05, 0) is 89.9 Å². The van der Waals surface area contributed by atoms with Gasteiger partial charge in [0.2, 0.25) is 0 Å². The Morgan fingerprint density at radius 2 is 0.900 bits per heavy atom. The molecule has 0 aromatic rings. The summed E-state index contributed by atoms with van der Waals surface area (Å²) in [6, 6.07) is -0.633. The molecule has 0 saturated carbocycles. The molecule has 8 heteroatoms. The van der Waals surface area contributed by atoms with Crippen molar-refractivity contribution in [3.63, 3.8) is 0 Å². The van der Waals surface area contributed by atoms with Gasteiger partial charge in [-0.1, -0.05) is 149 Å². The molecule has 0 aliphatic rings. The van der Waals surface area contributed by atoms with Crippen molar-refractivity contribution in [1.29, 1.82) is 0 Å². The van der Waals surface area contributed by atoms with Crippen LogP contribution in [0.1, 0.15) is 149 Å². The monoisotopic (exact) mass is 835 g/mol. The topological polar surface area (TPSA) is 99.1 Å². The Bertz CT molecular complexity index is 1340. The maximum absolute atomic E-state index is 12.8. The van der Waals surface area contributed by atoms with Crippen LogP contribution in [-0.2, 0) is 28.6 Å². The number of unbranched alkanes of at least 4 members (excludes halogenated alkanes) is 7. The summed E-state index contributed by atoms with van der Waals surface area (Å²) in [4.78, 5) is 37.0. The maximum atomic E-state index is 12.8. The van der Waals surface area contributed by atoms with Gasteiger partial charge in [-0.3, -0.25) is 9.59 Å². The van der Waals surface area contributed by atoms with Crippen molar-refractivity contribution < 1.29 is 38.2 Å².